The summed E-state index contributed by atoms with van der Waals surface area (Å²) in [4.78, 5) is 24.5. The van der Waals surface area contributed by atoms with Gasteiger partial charge in [0.15, 0.2) is 6.61 Å². The fourth-order valence-electron chi connectivity index (χ4n) is 3.97. The van der Waals surface area contributed by atoms with Gasteiger partial charge in [-0.05, 0) is 56.0 Å². The van der Waals surface area contributed by atoms with Crippen LogP contribution in [0.15, 0.2) is 35.2 Å². The Balaban J connectivity index is 1.54. The second-order valence-corrected chi connectivity index (χ2v) is 10.4. The van der Waals surface area contributed by atoms with E-state index in [1.54, 1.807) is 25.1 Å². The van der Waals surface area contributed by atoms with Gasteiger partial charge in [-0.15, -0.1) is 0 Å². The number of aryl methyl sites for hydroxylation is 2. The van der Waals surface area contributed by atoms with Crippen molar-refractivity contribution in [3.05, 3.63) is 46.5 Å². The first kappa shape index (κ1) is 22.6. The fourth-order valence-corrected chi connectivity index (χ4v) is 5.89. The van der Waals surface area contributed by atoms with Gasteiger partial charge in [0.2, 0.25) is 15.9 Å². The number of fused-ring (bicyclic) bond motifs is 1. The highest BCUT2D eigenvalue weighted by Gasteiger charge is 2.35. The Labute approximate surface area is 191 Å². The van der Waals surface area contributed by atoms with E-state index in [0.717, 1.165) is 5.56 Å². The number of carbonyl (C=O) groups is 2. The van der Waals surface area contributed by atoms with Crippen LogP contribution in [0.5, 0.6) is 5.75 Å². The van der Waals surface area contributed by atoms with Gasteiger partial charge >= 0.3 is 0 Å². The molecule has 8 nitrogen and oxygen atoms in total. The summed E-state index contributed by atoms with van der Waals surface area (Å²) < 4.78 is 33.6. The van der Waals surface area contributed by atoms with Crippen LogP contribution in [-0.4, -0.2) is 44.2 Å². The van der Waals surface area contributed by atoms with Gasteiger partial charge in [-0.25, -0.2) is 8.42 Å². The minimum Gasteiger partial charge on any atom is -0.482 e. The molecule has 0 radical (unpaired) electrons. The van der Waals surface area contributed by atoms with Crippen LogP contribution in [0.1, 0.15) is 24.0 Å². The molecule has 2 N–H and O–H groups in total. The maximum Gasteiger partial charge on any atom is 0.262 e. The third-order valence-electron chi connectivity index (χ3n) is 5.74. The molecule has 4 rings (SSSR count). The van der Waals surface area contributed by atoms with Crippen molar-refractivity contribution in [1.29, 1.82) is 0 Å². The Bertz CT molecular complexity index is 1200. The predicted octanol–water partition coefficient (Wildman–Crippen LogP) is 3.33. The first-order valence-corrected chi connectivity index (χ1v) is 12.1. The minimum atomic E-state index is -3.85. The maximum atomic E-state index is 13.4. The van der Waals surface area contributed by atoms with Crippen LogP contribution in [0.25, 0.3) is 0 Å². The molecule has 2 aliphatic heterocycles. The van der Waals surface area contributed by atoms with E-state index in [4.69, 9.17) is 16.3 Å². The molecule has 0 spiro atoms. The standard InChI is InChI=1S/C22H24ClN3O5S/c1-13-5-6-16(23)9-17(13)25-22(28)15-4-3-7-26(11-15)32(29,30)20-10-19-18(8-14(20)2)24-21(27)12-31-19/h5-6,8-10,15H,3-4,7,11-12H2,1-2H3,(H,24,27)(H,25,28). The number of rotatable bonds is 4. The number of halogens is 1. The highest BCUT2D eigenvalue weighted by molar-refractivity contribution is 7.89. The maximum absolute atomic E-state index is 13.4. The Morgan fingerprint density at radius 2 is 2.00 bits per heavy atom. The number of nitrogens with zero attached hydrogens (tertiary/aromatic N) is 1. The van der Waals surface area contributed by atoms with Crippen LogP contribution in [0.2, 0.25) is 5.02 Å². The average Bonchev–Trinajstić information content (AvgIpc) is 2.75. The van der Waals surface area contributed by atoms with Gasteiger partial charge < -0.3 is 15.4 Å². The summed E-state index contributed by atoms with van der Waals surface area (Å²) in [5.41, 5.74) is 2.44. The lowest BCUT2D eigenvalue weighted by Crippen LogP contribution is -2.44. The van der Waals surface area contributed by atoms with E-state index in [0.29, 0.717) is 47.1 Å². The number of anilines is 2. The summed E-state index contributed by atoms with van der Waals surface area (Å²) in [5, 5.41) is 6.08. The number of piperidine rings is 1. The molecule has 0 bridgehead atoms. The van der Waals surface area contributed by atoms with Crippen molar-refractivity contribution in [1.82, 2.24) is 4.31 Å². The molecule has 2 amide bonds. The highest BCUT2D eigenvalue weighted by Crippen LogP contribution is 2.35. The molecule has 1 fully saturated rings. The Morgan fingerprint density at radius 3 is 2.78 bits per heavy atom. The molecule has 0 saturated carbocycles. The molecule has 2 aromatic carbocycles. The molecular weight excluding hydrogens is 454 g/mol. The summed E-state index contributed by atoms with van der Waals surface area (Å²) in [6, 6.07) is 8.28. The summed E-state index contributed by atoms with van der Waals surface area (Å²) in [5.74, 6) is -0.683. The molecule has 10 heteroatoms. The van der Waals surface area contributed by atoms with Crippen LogP contribution in [0.3, 0.4) is 0 Å². The molecule has 0 aromatic heterocycles. The number of nitrogens with one attached hydrogen (secondary N) is 2. The van der Waals surface area contributed by atoms with Crippen LogP contribution in [-0.2, 0) is 19.6 Å². The van der Waals surface area contributed by atoms with Gasteiger partial charge in [-0.1, -0.05) is 17.7 Å². The van der Waals surface area contributed by atoms with Gasteiger partial charge in [0.05, 0.1) is 16.5 Å². The molecule has 170 valence electrons. The molecule has 2 aromatic rings. The summed E-state index contributed by atoms with van der Waals surface area (Å²) in [6.07, 6.45) is 1.16. The zero-order chi connectivity index (χ0) is 23.0. The SMILES string of the molecule is Cc1ccc(Cl)cc1NC(=O)C1CCCN(S(=O)(=O)c2cc3c(cc2C)NC(=O)CO3)C1. The largest absolute Gasteiger partial charge is 0.482 e. The van der Waals surface area contributed by atoms with Crippen molar-refractivity contribution in [2.75, 3.05) is 30.3 Å². The monoisotopic (exact) mass is 477 g/mol. The summed E-state index contributed by atoms with van der Waals surface area (Å²) in [6.45, 7) is 3.79. The number of hydrogen-bond donors (Lipinski definition) is 2. The normalized spacial score (nSPS) is 19.0. The van der Waals surface area contributed by atoms with Crippen molar-refractivity contribution in [3.63, 3.8) is 0 Å². The van der Waals surface area contributed by atoms with Crippen molar-refractivity contribution in [3.8, 4) is 5.75 Å². The summed E-state index contributed by atoms with van der Waals surface area (Å²) in [7, 11) is -3.85. The third kappa shape index (κ3) is 4.46. The minimum absolute atomic E-state index is 0.0852. The number of sulfonamides is 1. The van der Waals surface area contributed by atoms with E-state index < -0.39 is 15.9 Å². The number of benzene rings is 2. The van der Waals surface area contributed by atoms with Gasteiger partial charge in [0, 0.05) is 29.9 Å². The van der Waals surface area contributed by atoms with E-state index in [9.17, 15) is 18.0 Å². The molecule has 1 unspecified atom stereocenters. The number of ether oxygens (including phenoxy) is 1. The van der Waals surface area contributed by atoms with Crippen LogP contribution in [0, 0.1) is 19.8 Å². The van der Waals surface area contributed by atoms with Crippen molar-refractivity contribution in [2.45, 2.75) is 31.6 Å². The molecule has 1 saturated heterocycles. The predicted molar refractivity (Wildman–Crippen MR) is 122 cm³/mol. The zero-order valence-electron chi connectivity index (χ0n) is 17.8. The lowest BCUT2D eigenvalue weighted by Gasteiger charge is -2.32. The molecule has 32 heavy (non-hydrogen) atoms. The number of carbonyl (C=O) groups excluding carboxylic acids is 2. The Morgan fingerprint density at radius 1 is 1.22 bits per heavy atom. The van der Waals surface area contributed by atoms with E-state index in [-0.39, 0.29) is 29.9 Å². The molecule has 1 atom stereocenters. The van der Waals surface area contributed by atoms with Gasteiger partial charge in [-0.2, -0.15) is 4.31 Å². The third-order valence-corrected chi connectivity index (χ3v) is 7.98. The summed E-state index contributed by atoms with van der Waals surface area (Å²) >= 11 is 6.04. The quantitative estimate of drug-likeness (QED) is 0.702. The van der Waals surface area contributed by atoms with Gasteiger partial charge in [0.1, 0.15) is 5.75 Å². The highest BCUT2D eigenvalue weighted by atomic mass is 35.5. The van der Waals surface area contributed by atoms with Crippen molar-refractivity contribution < 1.29 is 22.7 Å². The van der Waals surface area contributed by atoms with Crippen molar-refractivity contribution in [2.24, 2.45) is 5.92 Å². The lowest BCUT2D eigenvalue weighted by molar-refractivity contribution is -0.121. The van der Waals surface area contributed by atoms with E-state index in [1.165, 1.54) is 10.4 Å². The second kappa shape index (κ2) is 8.73. The van der Waals surface area contributed by atoms with Crippen LogP contribution >= 0.6 is 11.6 Å². The molecule has 0 aliphatic carbocycles. The zero-order valence-corrected chi connectivity index (χ0v) is 19.3. The number of hydrogen-bond acceptors (Lipinski definition) is 5. The van der Waals surface area contributed by atoms with E-state index in [1.807, 2.05) is 13.0 Å². The molecule has 2 heterocycles. The molecule has 2 aliphatic rings. The topological polar surface area (TPSA) is 105 Å². The Kier molecular flexibility index (Phi) is 6.15. The second-order valence-electron chi connectivity index (χ2n) is 8.10. The fraction of sp³-hybridized carbons (Fsp3) is 0.364. The van der Waals surface area contributed by atoms with Crippen molar-refractivity contribution >= 4 is 44.8 Å². The first-order valence-electron chi connectivity index (χ1n) is 10.3. The first-order chi connectivity index (χ1) is 15.1. The Hall–Kier alpha value is -2.62. The van der Waals surface area contributed by atoms with Crippen LogP contribution < -0.4 is 15.4 Å². The van der Waals surface area contributed by atoms with E-state index >= 15 is 0 Å². The van der Waals surface area contributed by atoms with Gasteiger partial charge in [0.25, 0.3) is 5.91 Å². The van der Waals surface area contributed by atoms with Crippen LogP contribution in [0.4, 0.5) is 11.4 Å². The lowest BCUT2D eigenvalue weighted by atomic mass is 9.98. The average molecular weight is 478 g/mol. The molecular formula is C22H24ClN3O5S. The van der Waals surface area contributed by atoms with Gasteiger partial charge in [-0.3, -0.25) is 9.59 Å². The number of amides is 2. The van der Waals surface area contributed by atoms with E-state index in [2.05, 4.69) is 10.6 Å². The smallest absolute Gasteiger partial charge is 0.262 e.